The van der Waals surface area contributed by atoms with Gasteiger partial charge in [-0.2, -0.15) is 13.2 Å². The number of benzene rings is 1. The Morgan fingerprint density at radius 2 is 1.82 bits per heavy atom. The monoisotopic (exact) mass is 308 g/mol. The fraction of sp³-hybridized carbons (Fsp3) is 0.0625. The van der Waals surface area contributed by atoms with E-state index in [1.807, 2.05) is 0 Å². The number of carbonyl (C=O) groups is 1. The highest BCUT2D eigenvalue weighted by Gasteiger charge is 2.30. The number of furan rings is 1. The van der Waals surface area contributed by atoms with E-state index in [9.17, 15) is 18.0 Å². The molecular weight excluding hydrogens is 297 g/mol. The Balaban J connectivity index is 2.40. The van der Waals surface area contributed by atoms with E-state index in [2.05, 4.69) is 0 Å². The highest BCUT2D eigenvalue weighted by molar-refractivity contribution is 5.82. The van der Waals surface area contributed by atoms with Crippen LogP contribution in [0, 0.1) is 0 Å². The van der Waals surface area contributed by atoms with Crippen molar-refractivity contribution in [3.63, 3.8) is 0 Å². The van der Waals surface area contributed by atoms with Crippen LogP contribution in [0.1, 0.15) is 16.9 Å². The molecule has 0 saturated carbocycles. The quantitative estimate of drug-likeness (QED) is 0.674. The van der Waals surface area contributed by atoms with Crippen LogP contribution in [0.25, 0.3) is 5.57 Å². The number of carboxylic acid groups (broad SMARTS) is 1. The molecule has 0 atom stereocenters. The van der Waals surface area contributed by atoms with Gasteiger partial charge in [-0.15, -0.1) is 0 Å². The molecule has 0 aliphatic rings. The van der Waals surface area contributed by atoms with Crippen LogP contribution in [-0.4, -0.2) is 11.1 Å². The summed E-state index contributed by atoms with van der Waals surface area (Å²) in [7, 11) is 0. The average Bonchev–Trinajstić information content (AvgIpc) is 2.96. The topological polar surface area (TPSA) is 50.4 Å². The van der Waals surface area contributed by atoms with E-state index >= 15 is 0 Å². The molecule has 114 valence electrons. The summed E-state index contributed by atoms with van der Waals surface area (Å²) in [5.41, 5.74) is 0.213. The summed E-state index contributed by atoms with van der Waals surface area (Å²) in [4.78, 5) is 10.5. The molecule has 2 rings (SSSR count). The second-order valence-corrected chi connectivity index (χ2v) is 4.33. The van der Waals surface area contributed by atoms with E-state index in [0.717, 1.165) is 18.2 Å². The Morgan fingerprint density at radius 3 is 2.32 bits per heavy atom. The van der Waals surface area contributed by atoms with Crippen LogP contribution in [0.5, 0.6) is 0 Å². The maximum Gasteiger partial charge on any atom is 0.416 e. The van der Waals surface area contributed by atoms with E-state index in [1.165, 1.54) is 30.5 Å². The van der Waals surface area contributed by atoms with Crippen molar-refractivity contribution in [1.29, 1.82) is 0 Å². The molecule has 1 aromatic carbocycles. The van der Waals surface area contributed by atoms with Gasteiger partial charge in [-0.1, -0.05) is 24.3 Å². The molecule has 22 heavy (non-hydrogen) atoms. The molecule has 0 amide bonds. The molecule has 0 fully saturated rings. The minimum atomic E-state index is -4.41. The van der Waals surface area contributed by atoms with Crippen LogP contribution < -0.4 is 0 Å². The van der Waals surface area contributed by atoms with Crippen molar-refractivity contribution < 1.29 is 27.5 Å². The lowest BCUT2D eigenvalue weighted by molar-refractivity contribution is -0.137. The molecule has 0 bridgehead atoms. The van der Waals surface area contributed by atoms with E-state index in [1.54, 1.807) is 12.1 Å². The third kappa shape index (κ3) is 3.88. The number of hydrogen-bond acceptors (Lipinski definition) is 2. The van der Waals surface area contributed by atoms with Gasteiger partial charge >= 0.3 is 12.1 Å². The number of alkyl halides is 3. The Morgan fingerprint density at radius 1 is 1.14 bits per heavy atom. The molecule has 2 aromatic rings. The first-order valence-corrected chi connectivity index (χ1v) is 6.21. The highest BCUT2D eigenvalue weighted by Crippen LogP contribution is 2.31. The van der Waals surface area contributed by atoms with Crippen molar-refractivity contribution >= 4 is 11.5 Å². The first-order chi connectivity index (χ1) is 10.4. The summed E-state index contributed by atoms with van der Waals surface area (Å²) in [5, 5.41) is 8.59. The van der Waals surface area contributed by atoms with Gasteiger partial charge in [-0.3, -0.25) is 0 Å². The molecule has 0 radical (unpaired) electrons. The zero-order valence-electron chi connectivity index (χ0n) is 11.2. The summed E-state index contributed by atoms with van der Waals surface area (Å²) >= 11 is 0. The van der Waals surface area contributed by atoms with E-state index in [4.69, 9.17) is 9.52 Å². The van der Waals surface area contributed by atoms with Crippen LogP contribution in [0.4, 0.5) is 13.2 Å². The zero-order chi connectivity index (χ0) is 16.2. The number of rotatable bonds is 4. The van der Waals surface area contributed by atoms with Gasteiger partial charge in [0.1, 0.15) is 5.76 Å². The largest absolute Gasteiger partial charge is 0.478 e. The van der Waals surface area contributed by atoms with Gasteiger partial charge in [0.05, 0.1) is 11.8 Å². The molecule has 0 aliphatic carbocycles. The van der Waals surface area contributed by atoms with Gasteiger partial charge in [-0.25, -0.2) is 4.79 Å². The molecule has 1 aromatic heterocycles. The first-order valence-electron chi connectivity index (χ1n) is 6.21. The van der Waals surface area contributed by atoms with Gasteiger partial charge < -0.3 is 9.52 Å². The minimum absolute atomic E-state index is 0.426. The molecular formula is C16H11F3O3. The summed E-state index contributed by atoms with van der Waals surface area (Å²) in [6.07, 6.45) is 0.699. The van der Waals surface area contributed by atoms with Gasteiger partial charge in [0, 0.05) is 11.6 Å². The predicted molar refractivity (Wildman–Crippen MR) is 74.0 cm³/mol. The second-order valence-electron chi connectivity index (χ2n) is 4.33. The van der Waals surface area contributed by atoms with Crippen molar-refractivity contribution in [2.24, 2.45) is 0 Å². The van der Waals surface area contributed by atoms with E-state index < -0.39 is 17.7 Å². The van der Waals surface area contributed by atoms with Crippen LogP contribution >= 0.6 is 0 Å². The lowest BCUT2D eigenvalue weighted by Gasteiger charge is -2.09. The third-order valence-electron chi connectivity index (χ3n) is 2.81. The summed E-state index contributed by atoms with van der Waals surface area (Å²) in [6.45, 7) is 0. The lowest BCUT2D eigenvalue weighted by Crippen LogP contribution is -2.04. The number of allylic oxidation sites excluding steroid dienone is 2. The normalized spacial score (nSPS) is 12.8. The smallest absolute Gasteiger partial charge is 0.416 e. The summed E-state index contributed by atoms with van der Waals surface area (Å²) in [6, 6.07) is 7.82. The Labute approximate surface area is 124 Å². The van der Waals surface area contributed by atoms with Crippen LogP contribution in [-0.2, 0) is 11.0 Å². The zero-order valence-corrected chi connectivity index (χ0v) is 11.2. The highest BCUT2D eigenvalue weighted by atomic mass is 19.4. The number of halogens is 3. The Kier molecular flexibility index (Phi) is 4.50. The summed E-state index contributed by atoms with van der Waals surface area (Å²) in [5.74, 6) is -0.697. The van der Waals surface area contributed by atoms with Gasteiger partial charge in [0.15, 0.2) is 0 Å². The average molecular weight is 308 g/mol. The fourth-order valence-corrected chi connectivity index (χ4v) is 1.82. The predicted octanol–water partition coefficient (Wildman–Crippen LogP) is 4.37. The van der Waals surface area contributed by atoms with Gasteiger partial charge in [0.25, 0.3) is 0 Å². The third-order valence-corrected chi connectivity index (χ3v) is 2.81. The summed E-state index contributed by atoms with van der Waals surface area (Å²) < 4.78 is 43.0. The number of aliphatic carboxylic acids is 1. The maximum atomic E-state index is 12.6. The molecule has 0 unspecified atom stereocenters. The van der Waals surface area contributed by atoms with Crippen molar-refractivity contribution in [2.75, 3.05) is 0 Å². The Hall–Kier alpha value is -2.76. The van der Waals surface area contributed by atoms with Crippen LogP contribution in [0.3, 0.4) is 0 Å². The molecule has 1 N–H and O–H groups in total. The van der Waals surface area contributed by atoms with E-state index in [0.29, 0.717) is 16.9 Å². The minimum Gasteiger partial charge on any atom is -0.478 e. The van der Waals surface area contributed by atoms with Crippen molar-refractivity contribution in [1.82, 2.24) is 0 Å². The van der Waals surface area contributed by atoms with Crippen molar-refractivity contribution in [3.8, 4) is 0 Å². The second kappa shape index (κ2) is 6.34. The Bertz CT molecular complexity index is 693. The van der Waals surface area contributed by atoms with Gasteiger partial charge in [-0.05, 0) is 29.8 Å². The molecule has 3 nitrogen and oxygen atoms in total. The molecule has 0 saturated heterocycles. The number of hydrogen-bond donors (Lipinski definition) is 1. The lowest BCUT2D eigenvalue weighted by atomic mass is 10.0. The first kappa shape index (κ1) is 15.6. The molecule has 6 heteroatoms. The van der Waals surface area contributed by atoms with Crippen LogP contribution in [0.2, 0.25) is 0 Å². The fourth-order valence-electron chi connectivity index (χ4n) is 1.82. The van der Waals surface area contributed by atoms with E-state index in [-0.39, 0.29) is 0 Å². The van der Waals surface area contributed by atoms with Crippen LogP contribution in [0.15, 0.2) is 65.3 Å². The van der Waals surface area contributed by atoms with Gasteiger partial charge in [0.2, 0.25) is 0 Å². The SMILES string of the molecule is O=C(O)/C=C/C=C(\c1ccc(C(F)(F)F)cc1)c1ccco1. The van der Waals surface area contributed by atoms with Crippen molar-refractivity contribution in [3.05, 3.63) is 77.8 Å². The maximum absolute atomic E-state index is 12.6. The van der Waals surface area contributed by atoms with Crippen molar-refractivity contribution in [2.45, 2.75) is 6.18 Å². The number of carboxylic acids is 1. The standard InChI is InChI=1S/C16H11F3O3/c17-16(18,19)12-8-6-11(7-9-12)13(3-1-5-15(20)21)14-4-2-10-22-14/h1-10H,(H,20,21)/b5-1+,13-3+. The molecule has 0 spiro atoms. The molecule has 0 aliphatic heterocycles. The molecule has 1 heterocycles.